The first-order valence-electron chi connectivity index (χ1n) is 9.12. The van der Waals surface area contributed by atoms with Gasteiger partial charge in [-0.25, -0.2) is 0 Å². The van der Waals surface area contributed by atoms with Crippen LogP contribution >= 0.6 is 11.3 Å². The Kier molecular flexibility index (Phi) is 5.05. The number of fused-ring (bicyclic) bond motifs is 1. The fraction of sp³-hybridized carbons (Fsp3) is 0.318. The highest BCUT2D eigenvalue weighted by molar-refractivity contribution is 7.10. The van der Waals surface area contributed by atoms with Crippen molar-refractivity contribution in [1.82, 2.24) is 5.32 Å². The van der Waals surface area contributed by atoms with E-state index in [1.54, 1.807) is 11.3 Å². The van der Waals surface area contributed by atoms with Crippen molar-refractivity contribution < 1.29 is 9.53 Å². The van der Waals surface area contributed by atoms with Crippen LogP contribution in [0.2, 0.25) is 0 Å². The minimum absolute atomic E-state index is 0.0147. The lowest BCUT2D eigenvalue weighted by Gasteiger charge is -2.36. The zero-order chi connectivity index (χ0) is 17.8. The molecule has 26 heavy (non-hydrogen) atoms. The predicted octanol–water partition coefficient (Wildman–Crippen LogP) is 4.31. The van der Waals surface area contributed by atoms with Gasteiger partial charge in [-0.3, -0.25) is 4.79 Å². The molecule has 0 unspecified atom stereocenters. The van der Waals surface area contributed by atoms with E-state index in [2.05, 4.69) is 41.0 Å². The maximum Gasteiger partial charge on any atom is 0.224 e. The number of amides is 1. The minimum atomic E-state index is 0.0147. The van der Waals surface area contributed by atoms with Gasteiger partial charge in [-0.2, -0.15) is 0 Å². The molecule has 0 atom stereocenters. The molecule has 2 aromatic carbocycles. The molecule has 1 aliphatic heterocycles. The molecule has 1 aliphatic rings. The fourth-order valence-corrected chi connectivity index (χ4v) is 4.79. The van der Waals surface area contributed by atoms with Crippen molar-refractivity contribution in [3.05, 3.63) is 70.4 Å². The van der Waals surface area contributed by atoms with E-state index in [0.717, 1.165) is 37.0 Å². The van der Waals surface area contributed by atoms with Crippen molar-refractivity contribution in [3.8, 4) is 0 Å². The van der Waals surface area contributed by atoms with Crippen molar-refractivity contribution >= 4 is 28.0 Å². The van der Waals surface area contributed by atoms with Crippen LogP contribution in [0.15, 0.2) is 60.0 Å². The van der Waals surface area contributed by atoms with Crippen LogP contribution in [-0.2, 0) is 21.4 Å². The molecule has 0 radical (unpaired) electrons. The summed E-state index contributed by atoms with van der Waals surface area (Å²) in [7, 11) is 0. The molecule has 2 heterocycles. The fourth-order valence-electron chi connectivity index (χ4n) is 3.80. The Balaban J connectivity index is 1.47. The number of benzene rings is 2. The smallest absolute Gasteiger partial charge is 0.224 e. The highest BCUT2D eigenvalue weighted by Gasteiger charge is 2.35. The van der Waals surface area contributed by atoms with E-state index in [1.165, 1.54) is 10.3 Å². The van der Waals surface area contributed by atoms with Gasteiger partial charge in [0, 0.05) is 30.1 Å². The minimum Gasteiger partial charge on any atom is -0.381 e. The van der Waals surface area contributed by atoms with Crippen LogP contribution in [0.4, 0.5) is 0 Å². The van der Waals surface area contributed by atoms with E-state index in [0.29, 0.717) is 13.0 Å². The molecule has 4 rings (SSSR count). The molecule has 1 N–H and O–H groups in total. The topological polar surface area (TPSA) is 38.3 Å². The number of thiophene rings is 1. The Hall–Kier alpha value is -2.17. The Morgan fingerprint density at radius 3 is 2.65 bits per heavy atom. The van der Waals surface area contributed by atoms with Gasteiger partial charge in [0.1, 0.15) is 0 Å². The third-order valence-electron chi connectivity index (χ3n) is 5.35. The summed E-state index contributed by atoms with van der Waals surface area (Å²) in [5.74, 6) is 0.0868. The van der Waals surface area contributed by atoms with Gasteiger partial charge in [-0.15, -0.1) is 11.3 Å². The molecule has 1 saturated heterocycles. The monoisotopic (exact) mass is 365 g/mol. The first kappa shape index (κ1) is 17.3. The molecular formula is C22H23NO2S. The second-order valence-electron chi connectivity index (χ2n) is 6.96. The predicted molar refractivity (Wildman–Crippen MR) is 107 cm³/mol. The molecule has 0 spiro atoms. The van der Waals surface area contributed by atoms with Crippen molar-refractivity contribution in [2.24, 2.45) is 0 Å². The maximum atomic E-state index is 12.7. The van der Waals surface area contributed by atoms with Gasteiger partial charge in [-0.05, 0) is 40.6 Å². The molecule has 1 fully saturated rings. The Morgan fingerprint density at radius 2 is 1.85 bits per heavy atom. The van der Waals surface area contributed by atoms with E-state index < -0.39 is 0 Å². The summed E-state index contributed by atoms with van der Waals surface area (Å²) in [5, 5.41) is 7.66. The molecular weight excluding hydrogens is 342 g/mol. The van der Waals surface area contributed by atoms with Crippen molar-refractivity contribution in [1.29, 1.82) is 0 Å². The molecule has 4 heteroatoms. The number of rotatable bonds is 5. The quantitative estimate of drug-likeness (QED) is 0.732. The van der Waals surface area contributed by atoms with E-state index in [9.17, 15) is 4.79 Å². The molecule has 0 aliphatic carbocycles. The van der Waals surface area contributed by atoms with Crippen LogP contribution in [-0.4, -0.2) is 25.7 Å². The summed E-state index contributed by atoms with van der Waals surface area (Å²) in [6.07, 6.45) is 2.34. The average Bonchev–Trinajstić information content (AvgIpc) is 3.23. The number of nitrogens with one attached hydrogen (secondary N) is 1. The Labute approximate surface area is 158 Å². The van der Waals surface area contributed by atoms with Crippen LogP contribution in [0.25, 0.3) is 10.8 Å². The van der Waals surface area contributed by atoms with Crippen molar-refractivity contribution in [2.75, 3.05) is 19.8 Å². The summed E-state index contributed by atoms with van der Waals surface area (Å²) in [4.78, 5) is 14.0. The van der Waals surface area contributed by atoms with Gasteiger partial charge >= 0.3 is 0 Å². The third kappa shape index (κ3) is 3.53. The van der Waals surface area contributed by atoms with Crippen LogP contribution < -0.4 is 5.32 Å². The average molecular weight is 365 g/mol. The zero-order valence-corrected chi connectivity index (χ0v) is 15.6. The third-order valence-corrected chi connectivity index (χ3v) is 6.46. The molecule has 3 nitrogen and oxygen atoms in total. The van der Waals surface area contributed by atoms with Crippen LogP contribution in [0, 0.1) is 0 Å². The van der Waals surface area contributed by atoms with E-state index >= 15 is 0 Å². The SMILES string of the molecule is O=C(Cc1cccc2ccccc12)NCC1(c2cccs2)CCOCC1. The summed E-state index contributed by atoms with van der Waals surface area (Å²) in [5.41, 5.74) is 1.10. The second kappa shape index (κ2) is 7.60. The Bertz CT molecular complexity index is 877. The van der Waals surface area contributed by atoms with E-state index in [4.69, 9.17) is 4.74 Å². The summed E-state index contributed by atoms with van der Waals surface area (Å²) in [6, 6.07) is 18.7. The number of hydrogen-bond donors (Lipinski definition) is 1. The lowest BCUT2D eigenvalue weighted by molar-refractivity contribution is -0.120. The second-order valence-corrected chi connectivity index (χ2v) is 7.91. The van der Waals surface area contributed by atoms with Crippen LogP contribution in [0.1, 0.15) is 23.3 Å². The maximum absolute atomic E-state index is 12.7. The van der Waals surface area contributed by atoms with Crippen molar-refractivity contribution in [3.63, 3.8) is 0 Å². The van der Waals surface area contributed by atoms with Gasteiger partial charge in [0.25, 0.3) is 0 Å². The van der Waals surface area contributed by atoms with Crippen molar-refractivity contribution in [2.45, 2.75) is 24.7 Å². The Morgan fingerprint density at radius 1 is 1.04 bits per heavy atom. The molecule has 0 saturated carbocycles. The summed E-state index contributed by atoms with van der Waals surface area (Å²) in [6.45, 7) is 2.20. The first-order chi connectivity index (χ1) is 12.8. The molecule has 3 aromatic rings. The molecule has 0 bridgehead atoms. The van der Waals surface area contributed by atoms with Gasteiger partial charge in [0.15, 0.2) is 0 Å². The number of ether oxygens (including phenoxy) is 1. The highest BCUT2D eigenvalue weighted by atomic mass is 32.1. The summed E-state index contributed by atoms with van der Waals surface area (Å²) < 4.78 is 5.57. The number of carbonyl (C=O) groups is 1. The van der Waals surface area contributed by atoms with Crippen LogP contribution in [0.5, 0.6) is 0 Å². The number of carbonyl (C=O) groups excluding carboxylic acids is 1. The van der Waals surface area contributed by atoms with Crippen LogP contribution in [0.3, 0.4) is 0 Å². The normalized spacial score (nSPS) is 16.5. The largest absolute Gasteiger partial charge is 0.381 e. The molecule has 1 aromatic heterocycles. The molecule has 134 valence electrons. The zero-order valence-electron chi connectivity index (χ0n) is 14.7. The standard InChI is InChI=1S/C22H23NO2S/c24-21(15-18-7-3-6-17-5-1-2-8-19(17)18)23-16-22(10-12-25-13-11-22)20-9-4-14-26-20/h1-9,14H,10-13,15-16H2,(H,23,24). The number of hydrogen-bond acceptors (Lipinski definition) is 3. The van der Waals surface area contributed by atoms with Gasteiger partial charge in [0.05, 0.1) is 6.42 Å². The lowest BCUT2D eigenvalue weighted by Crippen LogP contribution is -2.44. The van der Waals surface area contributed by atoms with Gasteiger partial charge in [-0.1, -0.05) is 48.5 Å². The first-order valence-corrected chi connectivity index (χ1v) is 10.00. The highest BCUT2D eigenvalue weighted by Crippen LogP contribution is 2.37. The lowest BCUT2D eigenvalue weighted by atomic mass is 9.78. The van der Waals surface area contributed by atoms with E-state index in [1.807, 2.05) is 24.3 Å². The van der Waals surface area contributed by atoms with Gasteiger partial charge < -0.3 is 10.1 Å². The van der Waals surface area contributed by atoms with E-state index in [-0.39, 0.29) is 11.3 Å². The van der Waals surface area contributed by atoms with Gasteiger partial charge in [0.2, 0.25) is 5.91 Å². The molecule has 1 amide bonds. The summed E-state index contributed by atoms with van der Waals surface area (Å²) >= 11 is 1.78.